The molecular formula is O21Zn19-4. The van der Waals surface area contributed by atoms with E-state index in [1.807, 2.05) is 0 Å². The van der Waals surface area contributed by atoms with Crippen LogP contribution in [0.3, 0.4) is 0 Å². The molecular weight excluding hydrogens is 1580 g/mol. The van der Waals surface area contributed by atoms with Crippen LogP contribution >= 0.6 is 0 Å². The van der Waals surface area contributed by atoms with Crippen molar-refractivity contribution in [2.24, 2.45) is 0 Å². The number of hydrogen-bond donors (Lipinski definition) is 0. The first-order valence-electron chi connectivity index (χ1n) is 0. The molecule has 0 aromatic heterocycles. The molecule has 0 rings (SSSR count). The third-order valence-electron chi connectivity index (χ3n) is 0. The molecule has 0 aliphatic heterocycles. The molecule has 40 heavy (non-hydrogen) atoms. The summed E-state index contributed by atoms with van der Waals surface area (Å²) < 4.78 is 0. The molecule has 0 saturated heterocycles. The molecule has 0 fully saturated rings. The summed E-state index contributed by atoms with van der Waals surface area (Å²) in [6.07, 6.45) is 0. The molecule has 0 N–H and O–H groups in total. The Labute approximate surface area is 475 Å². The van der Waals surface area contributed by atoms with Gasteiger partial charge in [0.25, 0.3) is 0 Å². The molecule has 0 aliphatic carbocycles. The van der Waals surface area contributed by atoms with Crippen LogP contribution in [0.2, 0.25) is 0 Å². The van der Waals surface area contributed by atoms with Crippen LogP contribution in [0.15, 0.2) is 0 Å². The van der Waals surface area contributed by atoms with Crippen molar-refractivity contribution >= 4 is 0 Å². The Hall–Kier alpha value is 11.0. The van der Waals surface area contributed by atoms with Gasteiger partial charge in [0, 0.05) is 0 Å². The zero-order valence-corrected chi connectivity index (χ0v) is 78.4. The Balaban J connectivity index is 0. The SMILES string of the molecule is [O-2].[O-2].[O-2].[O-2].[O-2].[O-2].[O-2].[O-2].[O-2].[O-2].[O-2].[O-2].[O-2].[O-2].[O-2].[O-2].[O-2].[O-2].[O-2].[O-2].[O-2].[Zn+2].[Zn+2].[Zn+2].[Zn+2].[Zn+2].[Zn+2].[Zn+2].[Zn+2].[Zn+2].[Zn+2].[Zn+2].[Zn+2].[Zn+2].[Zn+2].[Zn+2].[Zn+2].[Zn+2].[Zn+2].[Zn+2]. The molecule has 0 heterocycles. The summed E-state index contributed by atoms with van der Waals surface area (Å²) in [5.74, 6) is 0. The molecule has 0 bridgehead atoms. The van der Waals surface area contributed by atoms with Gasteiger partial charge in [0.05, 0.1) is 0 Å². The fourth-order valence-corrected chi connectivity index (χ4v) is 0. The van der Waals surface area contributed by atoms with Gasteiger partial charge in [0.1, 0.15) is 0 Å². The summed E-state index contributed by atoms with van der Waals surface area (Å²) >= 11 is 0. The van der Waals surface area contributed by atoms with Crippen molar-refractivity contribution in [3.63, 3.8) is 0 Å². The van der Waals surface area contributed by atoms with Crippen LogP contribution in [0.1, 0.15) is 0 Å². The van der Waals surface area contributed by atoms with E-state index in [9.17, 15) is 0 Å². The summed E-state index contributed by atoms with van der Waals surface area (Å²) in [6.45, 7) is 0. The minimum absolute atomic E-state index is 0. The van der Waals surface area contributed by atoms with Crippen LogP contribution in [-0.4, -0.2) is 0 Å². The van der Waals surface area contributed by atoms with Crippen molar-refractivity contribution in [1.29, 1.82) is 0 Å². The smallest absolute Gasteiger partial charge is 2.00 e. The van der Waals surface area contributed by atoms with Gasteiger partial charge in [-0.15, -0.1) is 0 Å². The molecule has 0 aromatic carbocycles. The van der Waals surface area contributed by atoms with Crippen LogP contribution in [-0.2, 0) is 485 Å². The van der Waals surface area contributed by atoms with E-state index in [1.54, 1.807) is 0 Å². The van der Waals surface area contributed by atoms with Crippen LogP contribution in [0.25, 0.3) is 0 Å². The maximum atomic E-state index is 0. The Morgan fingerprint density at radius 1 is 0.0500 bits per heavy atom. The number of hydrogen-bond acceptors (Lipinski definition) is 0. The Morgan fingerprint density at radius 2 is 0.0500 bits per heavy atom. The fraction of sp³-hybridized carbons (Fsp3) is 0. The maximum absolute atomic E-state index is 0. The molecule has 0 aromatic rings. The minimum atomic E-state index is 0. The average molecular weight is 1580 g/mol. The average Bonchev–Trinajstić information content (AvgIpc) is 0. The van der Waals surface area contributed by atoms with Crippen LogP contribution in [0.5, 0.6) is 0 Å². The summed E-state index contributed by atoms with van der Waals surface area (Å²) in [5.41, 5.74) is 0. The molecule has 40 heteroatoms. The summed E-state index contributed by atoms with van der Waals surface area (Å²) in [5, 5.41) is 0. The van der Waals surface area contributed by atoms with E-state index < -0.39 is 0 Å². The van der Waals surface area contributed by atoms with Crippen molar-refractivity contribution < 1.29 is 485 Å². The zero-order chi connectivity index (χ0) is 0. The quantitative estimate of drug-likeness (QED) is 0.227. The minimum Gasteiger partial charge on any atom is -2.00 e. The van der Waals surface area contributed by atoms with E-state index >= 15 is 0 Å². The normalized spacial score (nSPS) is 0. The van der Waals surface area contributed by atoms with Gasteiger partial charge in [-0.05, 0) is 0 Å². The molecule has 0 saturated carbocycles. The van der Waals surface area contributed by atoms with Gasteiger partial charge in [-0.2, -0.15) is 0 Å². The van der Waals surface area contributed by atoms with Crippen molar-refractivity contribution in [2.75, 3.05) is 0 Å². The molecule has 0 atom stereocenters. The Bertz CT molecular complexity index is 39.9. The van der Waals surface area contributed by atoms with Crippen LogP contribution < -0.4 is 0 Å². The summed E-state index contributed by atoms with van der Waals surface area (Å²) in [4.78, 5) is 0. The van der Waals surface area contributed by atoms with Gasteiger partial charge in [-0.3, -0.25) is 0 Å². The summed E-state index contributed by atoms with van der Waals surface area (Å²) in [6, 6.07) is 0. The van der Waals surface area contributed by atoms with Crippen LogP contribution in [0, 0.1) is 0 Å². The van der Waals surface area contributed by atoms with E-state index in [0.717, 1.165) is 0 Å². The standard InChI is InChI=1S/21O.19Zn/q21*-2;19*+2. The molecule has 0 aliphatic rings. The predicted molar refractivity (Wildman–Crippen MR) is 14.4 cm³/mol. The van der Waals surface area contributed by atoms with E-state index in [4.69, 9.17) is 0 Å². The third-order valence-corrected chi connectivity index (χ3v) is 0. The van der Waals surface area contributed by atoms with E-state index in [-0.39, 0.29) is 485 Å². The molecule has 21 nitrogen and oxygen atoms in total. The fourth-order valence-electron chi connectivity index (χ4n) is 0. The van der Waals surface area contributed by atoms with Crippen LogP contribution in [0.4, 0.5) is 0 Å². The third kappa shape index (κ3) is 933. The largest absolute Gasteiger partial charge is 2.00 e. The van der Waals surface area contributed by atoms with Crippen molar-refractivity contribution in [3.05, 3.63) is 0 Å². The topological polar surface area (TPSA) is 598 Å². The predicted octanol–water partition coefficient (Wildman–Crippen LogP) is -2.54. The van der Waals surface area contributed by atoms with E-state index in [1.165, 1.54) is 0 Å². The second-order valence-electron chi connectivity index (χ2n) is 0. The molecule has 0 spiro atoms. The van der Waals surface area contributed by atoms with Crippen molar-refractivity contribution in [3.8, 4) is 0 Å². The Morgan fingerprint density at radius 3 is 0.0500 bits per heavy atom. The second-order valence-corrected chi connectivity index (χ2v) is 0. The summed E-state index contributed by atoms with van der Waals surface area (Å²) in [7, 11) is 0. The van der Waals surface area contributed by atoms with Gasteiger partial charge in [0.15, 0.2) is 0 Å². The maximum Gasteiger partial charge on any atom is 2.00 e. The van der Waals surface area contributed by atoms with Crippen molar-refractivity contribution in [2.45, 2.75) is 0 Å². The van der Waals surface area contributed by atoms with Gasteiger partial charge < -0.3 is 115 Å². The van der Waals surface area contributed by atoms with Crippen molar-refractivity contribution in [1.82, 2.24) is 0 Å². The van der Waals surface area contributed by atoms with Gasteiger partial charge in [0.2, 0.25) is 0 Å². The molecule has 0 unspecified atom stereocenters. The molecule has 168 valence electrons. The number of rotatable bonds is 0. The first kappa shape index (κ1) is 1050. The van der Waals surface area contributed by atoms with Gasteiger partial charge >= 0.3 is 370 Å². The monoisotopic (exact) mass is 1550 g/mol. The van der Waals surface area contributed by atoms with E-state index in [0.29, 0.717) is 0 Å². The van der Waals surface area contributed by atoms with Gasteiger partial charge in [-0.25, -0.2) is 0 Å². The molecule has 0 amide bonds. The zero-order valence-electron chi connectivity index (χ0n) is 22.0. The van der Waals surface area contributed by atoms with E-state index in [2.05, 4.69) is 0 Å². The second kappa shape index (κ2) is 992. The van der Waals surface area contributed by atoms with Gasteiger partial charge in [-0.1, -0.05) is 0 Å². The first-order chi connectivity index (χ1) is 0. The molecule has 0 radical (unpaired) electrons. The first-order valence-corrected chi connectivity index (χ1v) is 0. The Kier molecular flexibility index (Phi) is 26100.